The number of fused-ring (bicyclic) bond motifs is 1. The van der Waals surface area contributed by atoms with Gasteiger partial charge in [-0.15, -0.1) is 11.3 Å². The molecule has 2 aliphatic carbocycles. The van der Waals surface area contributed by atoms with Crippen LogP contribution in [-0.4, -0.2) is 30.9 Å². The maximum absolute atomic E-state index is 12.2. The minimum Gasteiger partial charge on any atom is -0.302 e. The number of rotatable bonds is 3. The Morgan fingerprint density at radius 3 is 2.80 bits per heavy atom. The molecule has 4 rings (SSSR count). The summed E-state index contributed by atoms with van der Waals surface area (Å²) in [5.74, 6) is 0.578. The summed E-state index contributed by atoms with van der Waals surface area (Å²) in [6.45, 7) is 0. The Morgan fingerprint density at radius 2 is 2.10 bits per heavy atom. The van der Waals surface area contributed by atoms with Crippen molar-refractivity contribution in [1.82, 2.24) is 10.3 Å². The Bertz CT molecular complexity index is 612. The smallest absolute Gasteiger partial charge is 0.152 e. The number of hydrogen-bond donors (Lipinski definition) is 1. The van der Waals surface area contributed by atoms with E-state index in [-0.39, 0.29) is 5.75 Å². The van der Waals surface area contributed by atoms with Crippen LogP contribution in [0.4, 0.5) is 0 Å². The SMILES string of the molecule is O=S1(=O)CCCC(NC2CC2)(c2nc3c(s2)CCC3)C1. The summed E-state index contributed by atoms with van der Waals surface area (Å²) in [6, 6.07) is 0.502. The van der Waals surface area contributed by atoms with Crippen molar-refractivity contribution in [2.45, 2.75) is 56.5 Å². The molecule has 0 bridgehead atoms. The van der Waals surface area contributed by atoms with Crippen LogP contribution in [0.5, 0.6) is 0 Å². The minimum absolute atomic E-state index is 0.239. The third-order valence-corrected chi connectivity index (χ3v) is 7.79. The molecular weight excluding hydrogens is 292 g/mol. The molecule has 0 radical (unpaired) electrons. The molecule has 2 fully saturated rings. The van der Waals surface area contributed by atoms with Crippen LogP contribution in [-0.2, 0) is 28.2 Å². The first-order chi connectivity index (χ1) is 9.56. The van der Waals surface area contributed by atoms with Gasteiger partial charge in [0, 0.05) is 10.9 Å². The molecule has 1 saturated carbocycles. The van der Waals surface area contributed by atoms with Crippen molar-refractivity contribution in [1.29, 1.82) is 0 Å². The monoisotopic (exact) mass is 312 g/mol. The molecule has 2 heterocycles. The molecule has 20 heavy (non-hydrogen) atoms. The molecule has 1 N–H and O–H groups in total. The van der Waals surface area contributed by atoms with Gasteiger partial charge in [0.25, 0.3) is 0 Å². The van der Waals surface area contributed by atoms with Gasteiger partial charge in [0.05, 0.1) is 22.7 Å². The summed E-state index contributed by atoms with van der Waals surface area (Å²) in [5, 5.41) is 4.67. The Kier molecular flexibility index (Phi) is 2.98. The number of sulfone groups is 1. The van der Waals surface area contributed by atoms with Crippen LogP contribution in [0.2, 0.25) is 0 Å². The predicted molar refractivity (Wildman–Crippen MR) is 79.9 cm³/mol. The highest BCUT2D eigenvalue weighted by Gasteiger charge is 2.46. The number of thiazole rings is 1. The summed E-state index contributed by atoms with van der Waals surface area (Å²) in [4.78, 5) is 6.21. The Morgan fingerprint density at radius 1 is 1.25 bits per heavy atom. The van der Waals surface area contributed by atoms with Gasteiger partial charge >= 0.3 is 0 Å². The van der Waals surface area contributed by atoms with Gasteiger partial charge in [-0.1, -0.05) is 0 Å². The lowest BCUT2D eigenvalue weighted by Crippen LogP contribution is -2.51. The maximum Gasteiger partial charge on any atom is 0.152 e. The van der Waals surface area contributed by atoms with E-state index in [1.165, 1.54) is 29.8 Å². The van der Waals surface area contributed by atoms with E-state index in [4.69, 9.17) is 4.98 Å². The van der Waals surface area contributed by atoms with E-state index in [9.17, 15) is 8.42 Å². The van der Waals surface area contributed by atoms with Gasteiger partial charge in [-0.2, -0.15) is 0 Å². The molecule has 6 heteroatoms. The van der Waals surface area contributed by atoms with Gasteiger partial charge < -0.3 is 5.32 Å². The molecule has 0 amide bonds. The highest BCUT2D eigenvalue weighted by atomic mass is 32.2. The van der Waals surface area contributed by atoms with Crippen molar-refractivity contribution in [2.75, 3.05) is 11.5 Å². The topological polar surface area (TPSA) is 59.1 Å². The number of aryl methyl sites for hydroxylation is 2. The quantitative estimate of drug-likeness (QED) is 0.924. The lowest BCUT2D eigenvalue weighted by molar-refractivity contribution is 0.322. The number of aromatic nitrogens is 1. The van der Waals surface area contributed by atoms with Gasteiger partial charge in [0.2, 0.25) is 0 Å². The average molecular weight is 312 g/mol. The first-order valence-electron chi connectivity index (χ1n) is 7.54. The van der Waals surface area contributed by atoms with Crippen molar-refractivity contribution in [3.05, 3.63) is 15.6 Å². The molecule has 1 atom stereocenters. The van der Waals surface area contributed by atoms with Crippen LogP contribution < -0.4 is 5.32 Å². The van der Waals surface area contributed by atoms with Crippen molar-refractivity contribution < 1.29 is 8.42 Å². The minimum atomic E-state index is -2.94. The summed E-state index contributed by atoms with van der Waals surface area (Å²) in [5.41, 5.74) is 0.831. The van der Waals surface area contributed by atoms with Crippen molar-refractivity contribution in [3.63, 3.8) is 0 Å². The fraction of sp³-hybridized carbons (Fsp3) is 0.786. The molecular formula is C14H20N2O2S2. The Hall–Kier alpha value is -0.460. The van der Waals surface area contributed by atoms with Gasteiger partial charge in [-0.25, -0.2) is 13.4 Å². The third kappa shape index (κ3) is 2.31. The maximum atomic E-state index is 12.2. The largest absolute Gasteiger partial charge is 0.302 e. The highest BCUT2D eigenvalue weighted by molar-refractivity contribution is 7.91. The van der Waals surface area contributed by atoms with Crippen molar-refractivity contribution in [2.24, 2.45) is 0 Å². The average Bonchev–Trinajstić information content (AvgIpc) is 2.90. The normalized spacial score (nSPS) is 32.2. The Labute approximate surface area is 123 Å². The first kappa shape index (κ1) is 13.2. The molecule has 110 valence electrons. The molecule has 4 nitrogen and oxygen atoms in total. The van der Waals surface area contributed by atoms with Crippen LogP contribution in [0.15, 0.2) is 0 Å². The lowest BCUT2D eigenvalue weighted by atomic mass is 9.95. The van der Waals surface area contributed by atoms with E-state index in [0.717, 1.165) is 30.7 Å². The van der Waals surface area contributed by atoms with Crippen LogP contribution in [0.1, 0.15) is 47.7 Å². The molecule has 3 aliphatic rings. The van der Waals surface area contributed by atoms with E-state index < -0.39 is 15.4 Å². The van der Waals surface area contributed by atoms with E-state index >= 15 is 0 Å². The van der Waals surface area contributed by atoms with E-state index in [0.29, 0.717) is 11.8 Å². The second kappa shape index (κ2) is 4.52. The standard InChI is InChI=1S/C14H20N2O2S2/c17-20(18)8-2-7-14(9-20,16-10-5-6-10)13-15-11-3-1-4-12(11)19-13/h10,16H,1-9H2. The predicted octanol–water partition coefficient (Wildman–Crippen LogP) is 1.79. The summed E-state index contributed by atoms with van der Waals surface area (Å²) in [6.07, 6.45) is 7.41. The summed E-state index contributed by atoms with van der Waals surface area (Å²) < 4.78 is 24.3. The van der Waals surface area contributed by atoms with Gasteiger partial charge in [-0.3, -0.25) is 0 Å². The zero-order valence-corrected chi connectivity index (χ0v) is 13.2. The molecule has 1 saturated heterocycles. The zero-order chi connectivity index (χ0) is 13.8. The van der Waals surface area contributed by atoms with Gasteiger partial charge in [0.15, 0.2) is 9.84 Å². The summed E-state index contributed by atoms with van der Waals surface area (Å²) >= 11 is 1.76. The fourth-order valence-corrected chi connectivity index (χ4v) is 6.74. The summed E-state index contributed by atoms with van der Waals surface area (Å²) in [7, 11) is -2.94. The van der Waals surface area contributed by atoms with E-state index in [1.807, 2.05) is 0 Å². The first-order valence-corrected chi connectivity index (χ1v) is 10.2. The third-order valence-electron chi connectivity index (χ3n) is 4.59. The van der Waals surface area contributed by atoms with Crippen LogP contribution in [0.3, 0.4) is 0 Å². The number of nitrogens with zero attached hydrogens (tertiary/aromatic N) is 1. The molecule has 1 aromatic rings. The lowest BCUT2D eigenvalue weighted by Gasteiger charge is -2.36. The second-order valence-corrected chi connectivity index (χ2v) is 9.71. The number of nitrogens with one attached hydrogen (secondary N) is 1. The van der Waals surface area contributed by atoms with Crippen LogP contribution >= 0.6 is 11.3 Å². The number of hydrogen-bond acceptors (Lipinski definition) is 5. The molecule has 0 aromatic carbocycles. The van der Waals surface area contributed by atoms with E-state index in [1.54, 1.807) is 11.3 Å². The molecule has 1 aliphatic heterocycles. The van der Waals surface area contributed by atoms with Crippen LogP contribution in [0, 0.1) is 0 Å². The Balaban J connectivity index is 1.73. The fourth-order valence-electron chi connectivity index (χ4n) is 3.47. The van der Waals surface area contributed by atoms with Crippen LogP contribution in [0.25, 0.3) is 0 Å². The van der Waals surface area contributed by atoms with Crippen molar-refractivity contribution >= 4 is 21.2 Å². The van der Waals surface area contributed by atoms with Gasteiger partial charge in [0.1, 0.15) is 5.01 Å². The molecule has 1 aromatic heterocycles. The molecule has 1 unspecified atom stereocenters. The van der Waals surface area contributed by atoms with E-state index in [2.05, 4.69) is 5.32 Å². The van der Waals surface area contributed by atoms with Gasteiger partial charge in [-0.05, 0) is 44.9 Å². The van der Waals surface area contributed by atoms with Crippen molar-refractivity contribution in [3.8, 4) is 0 Å². The highest BCUT2D eigenvalue weighted by Crippen LogP contribution is 2.40. The molecule has 0 spiro atoms. The second-order valence-electron chi connectivity index (χ2n) is 6.44. The zero-order valence-electron chi connectivity index (χ0n) is 11.5.